The van der Waals surface area contributed by atoms with Crippen molar-refractivity contribution in [3.63, 3.8) is 0 Å². The molecule has 0 radical (unpaired) electrons. The highest BCUT2D eigenvalue weighted by molar-refractivity contribution is 5.58. The molecule has 2 aromatic heterocycles. The molecule has 15 heavy (non-hydrogen) atoms. The zero-order valence-corrected chi connectivity index (χ0v) is 8.77. The third kappa shape index (κ3) is 2.13. The number of hydrogen-bond acceptors (Lipinski definition) is 3. The SMILES string of the molecule is COc1ccc(-c2cccc(C)n2)cn1. The van der Waals surface area contributed by atoms with E-state index in [9.17, 15) is 0 Å². The van der Waals surface area contributed by atoms with Gasteiger partial charge >= 0.3 is 0 Å². The second-order valence-corrected chi connectivity index (χ2v) is 3.25. The molecule has 2 aromatic rings. The molecule has 0 saturated carbocycles. The van der Waals surface area contributed by atoms with Crippen LogP contribution in [0.4, 0.5) is 0 Å². The molecule has 2 heterocycles. The van der Waals surface area contributed by atoms with Gasteiger partial charge in [-0.3, -0.25) is 4.98 Å². The van der Waals surface area contributed by atoms with Crippen LogP contribution in [0.25, 0.3) is 11.3 Å². The highest BCUT2D eigenvalue weighted by atomic mass is 16.5. The van der Waals surface area contributed by atoms with E-state index in [1.807, 2.05) is 37.3 Å². The number of pyridine rings is 2. The molecule has 0 bridgehead atoms. The Morgan fingerprint density at radius 1 is 1.13 bits per heavy atom. The number of rotatable bonds is 2. The van der Waals surface area contributed by atoms with Crippen LogP contribution in [0.1, 0.15) is 5.69 Å². The van der Waals surface area contributed by atoms with E-state index in [2.05, 4.69) is 9.97 Å². The smallest absolute Gasteiger partial charge is 0.212 e. The van der Waals surface area contributed by atoms with Gasteiger partial charge in [0.2, 0.25) is 5.88 Å². The van der Waals surface area contributed by atoms with Gasteiger partial charge in [-0.05, 0) is 25.1 Å². The highest BCUT2D eigenvalue weighted by Crippen LogP contribution is 2.18. The summed E-state index contributed by atoms with van der Waals surface area (Å²) in [6, 6.07) is 9.71. The minimum absolute atomic E-state index is 0.617. The summed E-state index contributed by atoms with van der Waals surface area (Å²) in [5.74, 6) is 0.617. The van der Waals surface area contributed by atoms with Crippen molar-refractivity contribution >= 4 is 0 Å². The molecule has 0 aliphatic rings. The predicted octanol–water partition coefficient (Wildman–Crippen LogP) is 2.46. The average molecular weight is 200 g/mol. The number of aryl methyl sites for hydroxylation is 1. The molecule has 0 aromatic carbocycles. The fraction of sp³-hybridized carbons (Fsp3) is 0.167. The molecule has 0 aliphatic heterocycles. The van der Waals surface area contributed by atoms with E-state index in [-0.39, 0.29) is 0 Å². The second kappa shape index (κ2) is 4.09. The Hall–Kier alpha value is -1.90. The third-order valence-electron chi connectivity index (χ3n) is 2.13. The molecule has 0 amide bonds. The lowest BCUT2D eigenvalue weighted by Crippen LogP contribution is -1.89. The van der Waals surface area contributed by atoms with Crippen molar-refractivity contribution in [2.24, 2.45) is 0 Å². The van der Waals surface area contributed by atoms with Gasteiger partial charge in [-0.15, -0.1) is 0 Å². The highest BCUT2D eigenvalue weighted by Gasteiger charge is 2.00. The molecule has 0 N–H and O–H groups in total. The van der Waals surface area contributed by atoms with Gasteiger partial charge in [-0.25, -0.2) is 4.98 Å². The van der Waals surface area contributed by atoms with E-state index in [0.29, 0.717) is 5.88 Å². The van der Waals surface area contributed by atoms with Crippen molar-refractivity contribution in [2.75, 3.05) is 7.11 Å². The summed E-state index contributed by atoms with van der Waals surface area (Å²) in [4.78, 5) is 8.56. The molecule has 0 aliphatic carbocycles. The zero-order chi connectivity index (χ0) is 10.7. The first kappa shape index (κ1) is 9.65. The lowest BCUT2D eigenvalue weighted by Gasteiger charge is -2.02. The fourth-order valence-electron chi connectivity index (χ4n) is 1.36. The molecule has 0 unspecified atom stereocenters. The third-order valence-corrected chi connectivity index (χ3v) is 2.13. The maximum atomic E-state index is 5.00. The zero-order valence-electron chi connectivity index (χ0n) is 8.77. The van der Waals surface area contributed by atoms with Crippen molar-refractivity contribution in [1.82, 2.24) is 9.97 Å². The monoisotopic (exact) mass is 200 g/mol. The van der Waals surface area contributed by atoms with Gasteiger partial charge < -0.3 is 4.74 Å². The minimum atomic E-state index is 0.617. The van der Waals surface area contributed by atoms with Crippen LogP contribution in [-0.2, 0) is 0 Å². The van der Waals surface area contributed by atoms with E-state index < -0.39 is 0 Å². The topological polar surface area (TPSA) is 35.0 Å². The van der Waals surface area contributed by atoms with Gasteiger partial charge in [0.1, 0.15) is 0 Å². The standard InChI is InChI=1S/C12H12N2O/c1-9-4-3-5-11(14-9)10-6-7-12(15-2)13-8-10/h3-8H,1-2H3. The van der Waals surface area contributed by atoms with Crippen molar-refractivity contribution < 1.29 is 4.74 Å². The number of ether oxygens (including phenoxy) is 1. The van der Waals surface area contributed by atoms with Crippen molar-refractivity contribution in [3.05, 3.63) is 42.2 Å². The summed E-state index contributed by atoms with van der Waals surface area (Å²) in [7, 11) is 1.60. The fourth-order valence-corrected chi connectivity index (χ4v) is 1.36. The number of aromatic nitrogens is 2. The molecular formula is C12H12N2O. The Morgan fingerprint density at radius 3 is 2.60 bits per heavy atom. The van der Waals surface area contributed by atoms with Crippen LogP contribution in [0, 0.1) is 6.92 Å². The first-order valence-corrected chi connectivity index (χ1v) is 4.73. The Labute approximate surface area is 88.8 Å². The van der Waals surface area contributed by atoms with E-state index in [1.165, 1.54) is 0 Å². The van der Waals surface area contributed by atoms with Gasteiger partial charge in [0.05, 0.1) is 12.8 Å². The average Bonchev–Trinajstić information content (AvgIpc) is 2.29. The largest absolute Gasteiger partial charge is 0.481 e. The van der Waals surface area contributed by atoms with Crippen LogP contribution < -0.4 is 4.74 Å². The Balaban J connectivity index is 2.37. The number of methoxy groups -OCH3 is 1. The van der Waals surface area contributed by atoms with E-state index in [0.717, 1.165) is 17.0 Å². The summed E-state index contributed by atoms with van der Waals surface area (Å²) in [6.07, 6.45) is 1.76. The number of hydrogen-bond donors (Lipinski definition) is 0. The summed E-state index contributed by atoms with van der Waals surface area (Å²) in [5, 5.41) is 0. The summed E-state index contributed by atoms with van der Waals surface area (Å²) in [6.45, 7) is 1.97. The van der Waals surface area contributed by atoms with Crippen molar-refractivity contribution in [1.29, 1.82) is 0 Å². The Bertz CT molecular complexity index is 451. The van der Waals surface area contributed by atoms with Gasteiger partial charge in [-0.2, -0.15) is 0 Å². The Morgan fingerprint density at radius 2 is 2.00 bits per heavy atom. The lowest BCUT2D eigenvalue weighted by molar-refractivity contribution is 0.398. The molecule has 76 valence electrons. The van der Waals surface area contributed by atoms with Gasteiger partial charge in [-0.1, -0.05) is 6.07 Å². The van der Waals surface area contributed by atoms with Gasteiger partial charge in [0, 0.05) is 23.5 Å². The molecule has 2 rings (SSSR count). The predicted molar refractivity (Wildman–Crippen MR) is 58.8 cm³/mol. The van der Waals surface area contributed by atoms with E-state index >= 15 is 0 Å². The minimum Gasteiger partial charge on any atom is -0.481 e. The Kier molecular flexibility index (Phi) is 2.63. The van der Waals surface area contributed by atoms with Crippen LogP contribution in [0.5, 0.6) is 5.88 Å². The first-order chi connectivity index (χ1) is 7.29. The molecule has 0 atom stereocenters. The van der Waals surface area contributed by atoms with Gasteiger partial charge in [0.25, 0.3) is 0 Å². The molecule has 0 spiro atoms. The van der Waals surface area contributed by atoms with Crippen molar-refractivity contribution in [2.45, 2.75) is 6.92 Å². The molecule has 0 saturated heterocycles. The molecular weight excluding hydrogens is 188 g/mol. The van der Waals surface area contributed by atoms with Crippen LogP contribution >= 0.6 is 0 Å². The van der Waals surface area contributed by atoms with Crippen LogP contribution in [0.15, 0.2) is 36.5 Å². The van der Waals surface area contributed by atoms with Crippen LogP contribution in [0.3, 0.4) is 0 Å². The van der Waals surface area contributed by atoms with Crippen LogP contribution in [-0.4, -0.2) is 17.1 Å². The summed E-state index contributed by atoms with van der Waals surface area (Å²) < 4.78 is 5.00. The van der Waals surface area contributed by atoms with Crippen LogP contribution in [0.2, 0.25) is 0 Å². The normalized spacial score (nSPS) is 10.0. The second-order valence-electron chi connectivity index (χ2n) is 3.25. The van der Waals surface area contributed by atoms with Crippen molar-refractivity contribution in [3.8, 4) is 17.1 Å². The summed E-state index contributed by atoms with van der Waals surface area (Å²) in [5.41, 5.74) is 2.94. The maximum Gasteiger partial charge on any atom is 0.212 e. The van der Waals surface area contributed by atoms with Gasteiger partial charge in [0.15, 0.2) is 0 Å². The molecule has 0 fully saturated rings. The number of nitrogens with zero attached hydrogens (tertiary/aromatic N) is 2. The quantitative estimate of drug-likeness (QED) is 0.747. The first-order valence-electron chi connectivity index (χ1n) is 4.73. The molecule has 3 nitrogen and oxygen atoms in total. The maximum absolute atomic E-state index is 5.00. The van der Waals surface area contributed by atoms with E-state index in [4.69, 9.17) is 4.74 Å². The molecule has 3 heteroatoms. The van der Waals surface area contributed by atoms with E-state index in [1.54, 1.807) is 13.3 Å². The summed E-state index contributed by atoms with van der Waals surface area (Å²) >= 11 is 0. The lowest BCUT2D eigenvalue weighted by atomic mass is 10.2.